The van der Waals surface area contributed by atoms with Crippen molar-refractivity contribution >= 4 is 34.7 Å². The van der Waals surface area contributed by atoms with Crippen LogP contribution in [0.3, 0.4) is 0 Å². The summed E-state index contributed by atoms with van der Waals surface area (Å²) in [7, 11) is 0. The molecule has 39 heavy (non-hydrogen) atoms. The van der Waals surface area contributed by atoms with Gasteiger partial charge < -0.3 is 14.8 Å². The van der Waals surface area contributed by atoms with Crippen molar-refractivity contribution in [2.45, 2.75) is 16.7 Å². The van der Waals surface area contributed by atoms with Gasteiger partial charge in [-0.15, -0.1) is 0 Å². The summed E-state index contributed by atoms with van der Waals surface area (Å²) in [4.78, 5) is 30.2. The second-order valence-electron chi connectivity index (χ2n) is 9.22. The topological polar surface area (TPSA) is 79.2 Å². The van der Waals surface area contributed by atoms with Gasteiger partial charge in [0, 0.05) is 50.8 Å². The first kappa shape index (κ1) is 26.4. The third-order valence-electron chi connectivity index (χ3n) is 6.69. The molecule has 0 saturated carbocycles. The predicted octanol–water partition coefficient (Wildman–Crippen LogP) is 6.28. The van der Waals surface area contributed by atoms with Gasteiger partial charge in [0.25, 0.3) is 0 Å². The maximum Gasteiger partial charge on any atom is 0.215 e. The maximum atomic E-state index is 13.0. The van der Waals surface area contributed by atoms with Crippen LogP contribution in [0, 0.1) is 6.92 Å². The minimum atomic E-state index is -0.343. The molecule has 1 aliphatic heterocycles. The number of ether oxygens (including phenoxy) is 1. The van der Waals surface area contributed by atoms with Crippen molar-refractivity contribution in [2.75, 3.05) is 31.2 Å². The van der Waals surface area contributed by atoms with Crippen LogP contribution in [0.25, 0.3) is 0 Å². The number of hydrogen-bond donors (Lipinski definition) is 1. The fraction of sp³-hybridized carbons (Fsp3) is 0.156. The number of ketones is 2. The maximum absolute atomic E-state index is 13.0. The van der Waals surface area contributed by atoms with Crippen molar-refractivity contribution < 1.29 is 19.5 Å². The molecule has 1 N–H and O–H groups in total. The lowest BCUT2D eigenvalue weighted by atomic mass is 9.97. The number of oxime groups is 1. The Labute approximate surface area is 231 Å². The van der Waals surface area contributed by atoms with Crippen LogP contribution in [0.15, 0.2) is 112 Å². The van der Waals surface area contributed by atoms with E-state index in [-0.39, 0.29) is 17.3 Å². The highest BCUT2D eigenvalue weighted by molar-refractivity contribution is 7.99. The fourth-order valence-electron chi connectivity index (χ4n) is 4.49. The molecule has 6 nitrogen and oxygen atoms in total. The third-order valence-corrected chi connectivity index (χ3v) is 7.71. The Balaban J connectivity index is 1.22. The molecule has 4 aromatic carbocycles. The number of benzene rings is 4. The molecule has 1 heterocycles. The Morgan fingerprint density at radius 1 is 0.769 bits per heavy atom. The van der Waals surface area contributed by atoms with Crippen molar-refractivity contribution in [3.05, 3.63) is 125 Å². The molecule has 0 bridgehead atoms. The first-order valence-corrected chi connectivity index (χ1v) is 13.5. The van der Waals surface area contributed by atoms with E-state index < -0.39 is 0 Å². The van der Waals surface area contributed by atoms with Crippen LogP contribution < -0.4 is 4.90 Å². The van der Waals surface area contributed by atoms with Gasteiger partial charge in [-0.05, 0) is 85.3 Å². The lowest BCUT2D eigenvalue weighted by molar-refractivity contribution is 0.103. The molecule has 0 radical (unpaired) electrons. The van der Waals surface area contributed by atoms with Gasteiger partial charge in [-0.2, -0.15) is 0 Å². The Hall–Kier alpha value is -4.20. The highest BCUT2D eigenvalue weighted by atomic mass is 32.2. The number of carbonyl (C=O) groups excluding carboxylic acids is 2. The van der Waals surface area contributed by atoms with E-state index in [1.165, 1.54) is 11.8 Å². The van der Waals surface area contributed by atoms with E-state index in [4.69, 9.17) is 4.74 Å². The average Bonchev–Trinajstić information content (AvgIpc) is 2.99. The number of Topliss-reactive ketones (excluding diaryl/α,β-unsaturated/α-hetero) is 1. The van der Waals surface area contributed by atoms with Crippen molar-refractivity contribution in [1.82, 2.24) is 0 Å². The standard InChI is InChI=1S/C32H28N2O4S/c1-22-4-2-3-5-29(22)30(33-37)32(36)25-10-16-28(17-11-25)39-27-14-8-24(9-15-27)31(35)23-6-12-26(13-7-23)34-18-20-38-21-19-34/h2-17,37H,18-21H2,1H3/b33-30-. The molecule has 0 aliphatic carbocycles. The van der Waals surface area contributed by atoms with Crippen LogP contribution in [0.4, 0.5) is 5.69 Å². The van der Waals surface area contributed by atoms with E-state index in [1.54, 1.807) is 18.2 Å². The second-order valence-corrected chi connectivity index (χ2v) is 10.4. The SMILES string of the molecule is Cc1ccccc1/C(=N/O)C(=O)c1ccc(Sc2ccc(C(=O)c3ccc(N4CCOCC4)cc3)cc2)cc1. The molecule has 1 saturated heterocycles. The molecule has 7 heteroatoms. The highest BCUT2D eigenvalue weighted by Crippen LogP contribution is 2.29. The quantitative estimate of drug-likeness (QED) is 0.124. The van der Waals surface area contributed by atoms with E-state index in [0.717, 1.165) is 47.3 Å². The zero-order valence-electron chi connectivity index (χ0n) is 21.5. The molecular weight excluding hydrogens is 508 g/mol. The number of aryl methyl sites for hydroxylation is 1. The summed E-state index contributed by atoms with van der Waals surface area (Å²) in [5, 5.41) is 12.8. The van der Waals surface area contributed by atoms with Gasteiger partial charge in [-0.3, -0.25) is 9.59 Å². The summed E-state index contributed by atoms with van der Waals surface area (Å²) in [6.07, 6.45) is 0. The van der Waals surface area contributed by atoms with Crippen molar-refractivity contribution in [1.29, 1.82) is 0 Å². The lowest BCUT2D eigenvalue weighted by Crippen LogP contribution is -2.36. The van der Waals surface area contributed by atoms with Gasteiger partial charge in [-0.1, -0.05) is 41.2 Å². The number of nitrogens with zero attached hydrogens (tertiary/aromatic N) is 2. The van der Waals surface area contributed by atoms with Gasteiger partial charge in [0.15, 0.2) is 11.5 Å². The molecule has 0 spiro atoms. The number of carbonyl (C=O) groups is 2. The Morgan fingerprint density at radius 3 is 1.87 bits per heavy atom. The van der Waals surface area contributed by atoms with Gasteiger partial charge >= 0.3 is 0 Å². The number of hydrogen-bond acceptors (Lipinski definition) is 7. The largest absolute Gasteiger partial charge is 0.410 e. The zero-order valence-corrected chi connectivity index (χ0v) is 22.4. The summed E-state index contributed by atoms with van der Waals surface area (Å²) >= 11 is 1.54. The van der Waals surface area contributed by atoms with E-state index in [9.17, 15) is 14.8 Å². The summed E-state index contributed by atoms with van der Waals surface area (Å²) in [6.45, 7) is 5.03. The summed E-state index contributed by atoms with van der Waals surface area (Å²) in [5.74, 6) is -0.359. The average molecular weight is 537 g/mol. The molecule has 0 amide bonds. The molecule has 0 unspecified atom stereocenters. The molecule has 0 aromatic heterocycles. The van der Waals surface area contributed by atoms with Crippen LogP contribution in [-0.2, 0) is 4.74 Å². The Kier molecular flexibility index (Phi) is 8.20. The van der Waals surface area contributed by atoms with Crippen LogP contribution in [0.1, 0.15) is 37.4 Å². The minimum absolute atomic E-state index is 0.0158. The van der Waals surface area contributed by atoms with Crippen molar-refractivity contribution in [3.8, 4) is 0 Å². The first-order chi connectivity index (χ1) is 19.0. The second kappa shape index (κ2) is 12.1. The summed E-state index contributed by atoms with van der Waals surface area (Å²) in [6, 6.07) is 29.8. The fourth-order valence-corrected chi connectivity index (χ4v) is 5.31. The van der Waals surface area contributed by atoms with E-state index >= 15 is 0 Å². The first-order valence-electron chi connectivity index (χ1n) is 12.7. The number of anilines is 1. The Bertz CT molecular complexity index is 1490. The van der Waals surface area contributed by atoms with E-state index in [1.807, 2.05) is 85.8 Å². The monoisotopic (exact) mass is 536 g/mol. The third kappa shape index (κ3) is 6.11. The van der Waals surface area contributed by atoms with Crippen molar-refractivity contribution in [3.63, 3.8) is 0 Å². The van der Waals surface area contributed by atoms with Gasteiger partial charge in [0.2, 0.25) is 5.78 Å². The predicted molar refractivity (Wildman–Crippen MR) is 154 cm³/mol. The molecule has 5 rings (SSSR count). The lowest BCUT2D eigenvalue weighted by Gasteiger charge is -2.28. The van der Waals surface area contributed by atoms with Crippen molar-refractivity contribution in [2.24, 2.45) is 5.16 Å². The number of rotatable bonds is 8. The van der Waals surface area contributed by atoms with Crippen LogP contribution in [-0.4, -0.2) is 48.8 Å². The number of morpholine rings is 1. The summed E-state index contributed by atoms with van der Waals surface area (Å²) in [5.41, 5.74) is 4.31. The van der Waals surface area contributed by atoms with Gasteiger partial charge in [-0.25, -0.2) is 0 Å². The normalized spacial score (nSPS) is 13.8. The smallest absolute Gasteiger partial charge is 0.215 e. The van der Waals surface area contributed by atoms with E-state index in [2.05, 4.69) is 10.1 Å². The molecule has 4 aromatic rings. The zero-order chi connectivity index (χ0) is 27.2. The summed E-state index contributed by atoms with van der Waals surface area (Å²) < 4.78 is 5.41. The molecular formula is C32H28N2O4S. The van der Waals surface area contributed by atoms with Gasteiger partial charge in [0.05, 0.1) is 13.2 Å². The Morgan fingerprint density at radius 2 is 1.31 bits per heavy atom. The van der Waals surface area contributed by atoms with Crippen LogP contribution >= 0.6 is 11.8 Å². The highest BCUT2D eigenvalue weighted by Gasteiger charge is 2.19. The van der Waals surface area contributed by atoms with Gasteiger partial charge in [0.1, 0.15) is 0 Å². The van der Waals surface area contributed by atoms with E-state index in [0.29, 0.717) is 22.3 Å². The van der Waals surface area contributed by atoms with Crippen LogP contribution in [0.5, 0.6) is 0 Å². The molecule has 0 atom stereocenters. The molecule has 196 valence electrons. The molecule has 1 fully saturated rings. The molecule has 1 aliphatic rings. The van der Waals surface area contributed by atoms with Crippen LogP contribution in [0.2, 0.25) is 0 Å². The minimum Gasteiger partial charge on any atom is -0.410 e.